The Morgan fingerprint density at radius 2 is 1.75 bits per heavy atom. The highest BCUT2D eigenvalue weighted by Gasteiger charge is 2.62. The van der Waals surface area contributed by atoms with Gasteiger partial charge in [0.05, 0.1) is 39.6 Å². The first kappa shape index (κ1) is 39.6. The fourth-order valence-electron chi connectivity index (χ4n) is 8.07. The van der Waals surface area contributed by atoms with Crippen molar-refractivity contribution in [2.24, 2.45) is 5.92 Å². The van der Waals surface area contributed by atoms with Crippen molar-refractivity contribution in [2.75, 3.05) is 6.54 Å². The third-order valence-corrected chi connectivity index (χ3v) is 14.6. The van der Waals surface area contributed by atoms with Crippen molar-refractivity contribution in [1.29, 1.82) is 0 Å². The predicted octanol–water partition coefficient (Wildman–Crippen LogP) is 4.76. The zero-order valence-corrected chi connectivity index (χ0v) is 34.5. The van der Waals surface area contributed by atoms with Crippen LogP contribution in [0.5, 0.6) is 5.88 Å². The number of aryl methyl sites for hydroxylation is 1. The zero-order chi connectivity index (χ0) is 41.6. The molecule has 5 atom stereocenters. The minimum absolute atomic E-state index is 0.0145. The summed E-state index contributed by atoms with van der Waals surface area (Å²) in [5, 5.41) is 6.17. The van der Waals surface area contributed by atoms with Gasteiger partial charge in [-0.15, -0.1) is 11.3 Å². The Hall–Kier alpha value is -5.81. The minimum atomic E-state index is -3.92. The van der Waals surface area contributed by atoms with Crippen molar-refractivity contribution < 1.29 is 32.3 Å². The van der Waals surface area contributed by atoms with Gasteiger partial charge in [-0.05, 0) is 75.1 Å². The summed E-state index contributed by atoms with van der Waals surface area (Å²) < 4.78 is 35.9. The second kappa shape index (κ2) is 16.0. The van der Waals surface area contributed by atoms with Crippen LogP contribution < -0.4 is 20.1 Å². The van der Waals surface area contributed by atoms with Gasteiger partial charge in [-0.2, -0.15) is 0 Å². The lowest BCUT2D eigenvalue weighted by Crippen LogP contribution is -2.58. The Morgan fingerprint density at radius 1 is 0.967 bits per heavy atom. The maximum atomic E-state index is 14.8. The number of para-hydroxylation sites is 2. The number of allylic oxidation sites excluding steroid dienone is 1. The van der Waals surface area contributed by atoms with E-state index in [1.807, 2.05) is 66.7 Å². The number of carbonyl (C=O) groups excluding carboxylic acids is 4. The maximum Gasteiger partial charge on any atom is 0.272 e. The number of ether oxygens (including phenoxy) is 1. The monoisotopic (exact) mass is 848 g/mol. The number of aromatic nitrogens is 4. The van der Waals surface area contributed by atoms with Gasteiger partial charge in [0.1, 0.15) is 35.1 Å². The van der Waals surface area contributed by atoms with E-state index in [1.165, 1.54) is 17.3 Å². The molecular weight excluding hydrogens is 805 g/mol. The van der Waals surface area contributed by atoms with Crippen molar-refractivity contribution in [3.05, 3.63) is 90.5 Å². The van der Waals surface area contributed by atoms with Gasteiger partial charge < -0.3 is 20.3 Å². The minimum Gasteiger partial charge on any atom is -0.471 e. The average Bonchev–Trinajstić information content (AvgIpc) is 4.13. The van der Waals surface area contributed by atoms with Gasteiger partial charge in [0.15, 0.2) is 0 Å². The first-order valence-corrected chi connectivity index (χ1v) is 22.7. The molecule has 0 radical (unpaired) electrons. The molecule has 2 aliphatic carbocycles. The van der Waals surface area contributed by atoms with Crippen LogP contribution in [0.3, 0.4) is 0 Å². The Morgan fingerprint density at radius 3 is 2.52 bits per heavy atom. The summed E-state index contributed by atoms with van der Waals surface area (Å²) in [6, 6.07) is 15.3. The molecule has 4 amide bonds. The van der Waals surface area contributed by atoms with Crippen molar-refractivity contribution in [3.63, 3.8) is 0 Å². The summed E-state index contributed by atoms with van der Waals surface area (Å²) >= 11 is 1.55. The summed E-state index contributed by atoms with van der Waals surface area (Å²) in [5.41, 5.74) is 0.928. The number of benzene rings is 2. The second-order valence-corrected chi connectivity index (χ2v) is 19.1. The van der Waals surface area contributed by atoms with Gasteiger partial charge in [0.2, 0.25) is 27.7 Å². The van der Waals surface area contributed by atoms with Crippen molar-refractivity contribution >= 4 is 66.1 Å². The Kier molecular flexibility index (Phi) is 10.6. The average molecular weight is 849 g/mol. The van der Waals surface area contributed by atoms with E-state index >= 15 is 0 Å². The van der Waals surface area contributed by atoms with Crippen LogP contribution in [0, 0.1) is 12.8 Å². The van der Waals surface area contributed by atoms with Gasteiger partial charge in [-0.25, -0.2) is 23.4 Å². The number of hydrogen-bond acceptors (Lipinski definition) is 12. The van der Waals surface area contributed by atoms with E-state index in [0.717, 1.165) is 27.8 Å². The summed E-state index contributed by atoms with van der Waals surface area (Å²) in [6.07, 6.45) is 10.1. The lowest BCUT2D eigenvalue weighted by Gasteiger charge is -2.29. The molecule has 5 aromatic rings. The number of sulfonamides is 1. The smallest absolute Gasteiger partial charge is 0.272 e. The van der Waals surface area contributed by atoms with Crippen molar-refractivity contribution in [2.45, 2.75) is 93.7 Å². The Labute approximate surface area is 350 Å². The second-order valence-electron chi connectivity index (χ2n) is 16.1. The van der Waals surface area contributed by atoms with E-state index in [-0.39, 0.29) is 31.0 Å². The number of rotatable bonds is 8. The van der Waals surface area contributed by atoms with Crippen LogP contribution in [0.25, 0.3) is 31.7 Å². The van der Waals surface area contributed by atoms with Gasteiger partial charge in [-0.3, -0.25) is 28.9 Å². The predicted molar refractivity (Wildman–Crippen MR) is 224 cm³/mol. The number of carbonyl (C=O) groups is 4. The number of nitrogens with zero attached hydrogens (tertiary/aromatic N) is 5. The molecule has 60 heavy (non-hydrogen) atoms. The number of thiophene rings is 1. The van der Waals surface area contributed by atoms with Crippen molar-refractivity contribution in [3.8, 4) is 16.5 Å². The fraction of sp³-hybridized carbons (Fsp3) is 0.395. The molecule has 2 aromatic carbocycles. The Balaban J connectivity index is 1.06. The maximum absolute atomic E-state index is 14.8. The molecule has 3 N–H and O–H groups in total. The number of amides is 4. The molecule has 2 aliphatic heterocycles. The normalized spacial score (nSPS) is 25.3. The van der Waals surface area contributed by atoms with Crippen LogP contribution in [0.15, 0.2) is 79.1 Å². The molecule has 15 nitrogen and oxygen atoms in total. The first-order valence-electron chi connectivity index (χ1n) is 20.3. The fourth-order valence-corrected chi connectivity index (χ4v) is 10.5. The SMILES string of the molecule is Cc1cnc(C(=O)N[C@H]2CCCCC/C=C\[C@@H]3C[C@@]3(C(=O)NS(=O)(=O)C3CC3)NC(=O)[C@@H]3C[C@@H](Oc4nc5ccccc5nc4-c4cc5ccccc5s4)CN3C2=O)cn1. The van der Waals surface area contributed by atoms with Crippen LogP contribution in [-0.4, -0.2) is 92.4 Å². The van der Waals surface area contributed by atoms with Crippen LogP contribution >= 0.6 is 11.3 Å². The molecule has 3 fully saturated rings. The molecule has 9 rings (SSSR count). The van der Waals surface area contributed by atoms with Gasteiger partial charge in [0.25, 0.3) is 11.8 Å². The van der Waals surface area contributed by atoms with Crippen molar-refractivity contribution in [1.82, 2.24) is 40.2 Å². The summed E-state index contributed by atoms with van der Waals surface area (Å²) in [6.45, 7) is 1.70. The molecule has 0 unspecified atom stereocenters. The van der Waals surface area contributed by atoms with E-state index < -0.39 is 68.5 Å². The molecule has 1 saturated heterocycles. The van der Waals surface area contributed by atoms with E-state index in [1.54, 1.807) is 18.3 Å². The Bertz CT molecular complexity index is 2620. The van der Waals surface area contributed by atoms with E-state index in [0.29, 0.717) is 54.5 Å². The van der Waals surface area contributed by atoms with Crippen LogP contribution in [0.1, 0.15) is 74.0 Å². The molecule has 310 valence electrons. The number of hydrogen-bond donors (Lipinski definition) is 3. The molecule has 0 spiro atoms. The first-order chi connectivity index (χ1) is 29.0. The highest BCUT2D eigenvalue weighted by molar-refractivity contribution is 7.91. The molecule has 5 heterocycles. The van der Waals surface area contributed by atoms with Gasteiger partial charge >= 0.3 is 0 Å². The van der Waals surface area contributed by atoms with Gasteiger partial charge in [0, 0.05) is 23.2 Å². The third kappa shape index (κ3) is 8.07. The van der Waals surface area contributed by atoms with E-state index in [4.69, 9.17) is 14.7 Å². The number of fused-ring (bicyclic) bond motifs is 4. The van der Waals surface area contributed by atoms with Crippen LogP contribution in [-0.2, 0) is 24.4 Å². The van der Waals surface area contributed by atoms with Crippen LogP contribution in [0.2, 0.25) is 0 Å². The summed E-state index contributed by atoms with van der Waals surface area (Å²) in [4.78, 5) is 77.3. The zero-order valence-electron chi connectivity index (χ0n) is 32.9. The summed E-state index contributed by atoms with van der Waals surface area (Å²) in [5.74, 6) is -2.73. The summed E-state index contributed by atoms with van der Waals surface area (Å²) in [7, 11) is -3.92. The molecule has 17 heteroatoms. The topological polar surface area (TPSA) is 203 Å². The van der Waals surface area contributed by atoms with Gasteiger partial charge in [-0.1, -0.05) is 55.3 Å². The molecule has 0 bridgehead atoms. The third-order valence-electron chi connectivity index (χ3n) is 11.6. The lowest BCUT2D eigenvalue weighted by molar-refractivity contribution is -0.141. The molecule has 3 aromatic heterocycles. The molecule has 2 saturated carbocycles. The standard InChI is InChI=1S/C43H44N8O7S2/c1-25-22-45-33(23-44-25)38(52)47-32-15-6-4-2-3-5-12-27-21-43(27,42(55)50-60(56,57)29-17-18-29)49-39(53)34-20-28(24-51(34)41(32)54)58-40-37(46-30-13-8-9-14-31(30)48-40)36-19-26-11-7-10-16-35(26)59-36/h5,7-14,16,19,22-23,27-29,32,34H,2-4,6,15,17-18,20-21,24H2,1H3,(H,47,52)(H,49,53)(H,50,55)/b12-5-/t27-,28-,32+,34+,43-/m1/s1. The van der Waals surface area contributed by atoms with Crippen LogP contribution in [0.4, 0.5) is 0 Å². The molecular formula is C43H44N8O7S2. The number of nitrogens with one attached hydrogen (secondary N) is 3. The largest absolute Gasteiger partial charge is 0.471 e. The quantitative estimate of drug-likeness (QED) is 0.182. The highest BCUT2D eigenvalue weighted by Crippen LogP contribution is 2.46. The highest BCUT2D eigenvalue weighted by atomic mass is 32.2. The lowest BCUT2D eigenvalue weighted by atomic mass is 10.0. The van der Waals surface area contributed by atoms with E-state index in [2.05, 4.69) is 25.3 Å². The van der Waals surface area contributed by atoms with E-state index in [9.17, 15) is 27.6 Å². The molecule has 4 aliphatic rings.